The molecule has 0 aromatic heterocycles. The fraction of sp³-hybridized carbons (Fsp3) is 0.538. The van der Waals surface area contributed by atoms with Crippen LogP contribution in [0, 0.1) is 0 Å². The molecule has 0 spiro atoms. The Balaban J connectivity index is 2.59. The number of ether oxygens (including phenoxy) is 1. The van der Waals surface area contributed by atoms with Crippen LogP contribution in [0.2, 0.25) is 0 Å². The minimum absolute atomic E-state index is 0.0960. The van der Waals surface area contributed by atoms with E-state index in [1.54, 1.807) is 14.0 Å². The lowest BCUT2D eigenvalue weighted by Gasteiger charge is -2.26. The van der Waals surface area contributed by atoms with Crippen LogP contribution in [0.5, 0.6) is 0 Å². The van der Waals surface area contributed by atoms with Crippen LogP contribution in [0.1, 0.15) is 18.1 Å². The Morgan fingerprint density at radius 3 is 2.47 bits per heavy atom. The summed E-state index contributed by atoms with van der Waals surface area (Å²) in [4.78, 5) is 0. The second kappa shape index (κ2) is 6.71. The van der Waals surface area contributed by atoms with E-state index in [1.165, 1.54) is 0 Å². The van der Waals surface area contributed by atoms with E-state index in [1.807, 2.05) is 24.3 Å². The molecule has 1 rings (SSSR count). The number of nitrogens with one attached hydrogen (secondary N) is 1. The highest BCUT2D eigenvalue weighted by Crippen LogP contribution is 2.08. The third kappa shape index (κ3) is 4.44. The van der Waals surface area contributed by atoms with Gasteiger partial charge in [0.15, 0.2) is 0 Å². The third-order valence-electron chi connectivity index (χ3n) is 2.72. The van der Waals surface area contributed by atoms with Gasteiger partial charge < -0.3 is 20.3 Å². The van der Waals surface area contributed by atoms with Crippen molar-refractivity contribution in [1.29, 1.82) is 0 Å². The quantitative estimate of drug-likeness (QED) is 0.654. The van der Waals surface area contributed by atoms with E-state index in [4.69, 9.17) is 14.9 Å². The van der Waals surface area contributed by atoms with Crippen molar-refractivity contribution in [2.24, 2.45) is 0 Å². The van der Waals surface area contributed by atoms with Gasteiger partial charge in [0.25, 0.3) is 0 Å². The highest BCUT2D eigenvalue weighted by molar-refractivity contribution is 5.23. The van der Waals surface area contributed by atoms with Gasteiger partial charge in [-0.2, -0.15) is 0 Å². The predicted octanol–water partition coefficient (Wildman–Crippen LogP) is 0.666. The van der Waals surface area contributed by atoms with Crippen LogP contribution in [0.25, 0.3) is 0 Å². The molecule has 0 saturated carbocycles. The van der Waals surface area contributed by atoms with Gasteiger partial charge in [0.1, 0.15) is 0 Å². The number of benzene rings is 1. The van der Waals surface area contributed by atoms with Crippen molar-refractivity contribution in [3.63, 3.8) is 0 Å². The fourth-order valence-corrected chi connectivity index (χ4v) is 1.47. The van der Waals surface area contributed by atoms with Crippen LogP contribution < -0.4 is 5.32 Å². The molecule has 0 aliphatic carbocycles. The molecular formula is C13H21NO3. The number of methoxy groups -OCH3 is 1. The lowest BCUT2D eigenvalue weighted by molar-refractivity contribution is 0.103. The molecule has 0 bridgehead atoms. The lowest BCUT2D eigenvalue weighted by atomic mass is 10.0. The second-order valence-corrected chi connectivity index (χ2v) is 4.48. The van der Waals surface area contributed by atoms with Gasteiger partial charge in [-0.25, -0.2) is 0 Å². The lowest BCUT2D eigenvalue weighted by Crippen LogP contribution is -2.48. The molecular weight excluding hydrogens is 218 g/mol. The second-order valence-electron chi connectivity index (χ2n) is 4.48. The van der Waals surface area contributed by atoms with Gasteiger partial charge in [0, 0.05) is 13.7 Å². The van der Waals surface area contributed by atoms with Gasteiger partial charge in [-0.1, -0.05) is 24.3 Å². The first-order chi connectivity index (χ1) is 8.13. The Morgan fingerprint density at radius 2 is 1.88 bits per heavy atom. The summed E-state index contributed by atoms with van der Waals surface area (Å²) >= 11 is 0. The fourth-order valence-electron chi connectivity index (χ4n) is 1.47. The van der Waals surface area contributed by atoms with E-state index < -0.39 is 5.54 Å². The molecule has 0 atom stereocenters. The minimum atomic E-state index is -0.642. The van der Waals surface area contributed by atoms with Crippen LogP contribution >= 0.6 is 0 Å². The van der Waals surface area contributed by atoms with Crippen molar-refractivity contribution in [2.45, 2.75) is 25.6 Å². The maximum Gasteiger partial charge on any atom is 0.0713 e. The van der Waals surface area contributed by atoms with E-state index in [2.05, 4.69) is 5.32 Å². The SMILES string of the molecule is COCc1cccc(CNC(C)(CO)CO)c1. The molecule has 0 heterocycles. The molecule has 0 aliphatic heterocycles. The number of rotatable bonds is 7. The van der Waals surface area contributed by atoms with Crippen LogP contribution in [0.3, 0.4) is 0 Å². The molecule has 0 unspecified atom stereocenters. The van der Waals surface area contributed by atoms with E-state index >= 15 is 0 Å². The van der Waals surface area contributed by atoms with Crippen LogP contribution in [0.15, 0.2) is 24.3 Å². The highest BCUT2D eigenvalue weighted by atomic mass is 16.5. The Morgan fingerprint density at radius 1 is 1.24 bits per heavy atom. The van der Waals surface area contributed by atoms with Crippen molar-refractivity contribution in [3.8, 4) is 0 Å². The van der Waals surface area contributed by atoms with Gasteiger partial charge >= 0.3 is 0 Å². The molecule has 3 N–H and O–H groups in total. The van der Waals surface area contributed by atoms with Crippen molar-refractivity contribution >= 4 is 0 Å². The summed E-state index contributed by atoms with van der Waals surface area (Å²) in [5, 5.41) is 21.5. The standard InChI is InChI=1S/C13H21NO3/c1-13(9-15,10-16)14-7-11-4-3-5-12(6-11)8-17-2/h3-6,14-16H,7-10H2,1-2H3. The Labute approximate surface area is 102 Å². The molecule has 1 aromatic carbocycles. The molecule has 1 aromatic rings. The first-order valence-corrected chi connectivity index (χ1v) is 5.67. The average molecular weight is 239 g/mol. The third-order valence-corrected chi connectivity index (χ3v) is 2.72. The van der Waals surface area contributed by atoms with Crippen molar-refractivity contribution in [1.82, 2.24) is 5.32 Å². The van der Waals surface area contributed by atoms with E-state index in [-0.39, 0.29) is 13.2 Å². The molecule has 0 saturated heterocycles. The van der Waals surface area contributed by atoms with Gasteiger partial charge in [0.05, 0.1) is 25.4 Å². The van der Waals surface area contributed by atoms with E-state index in [0.717, 1.165) is 11.1 Å². The van der Waals surface area contributed by atoms with Gasteiger partial charge in [-0.15, -0.1) is 0 Å². The summed E-state index contributed by atoms with van der Waals surface area (Å²) < 4.78 is 5.07. The van der Waals surface area contributed by atoms with Crippen molar-refractivity contribution in [3.05, 3.63) is 35.4 Å². The largest absolute Gasteiger partial charge is 0.394 e. The molecule has 0 radical (unpaired) electrons. The summed E-state index contributed by atoms with van der Waals surface area (Å²) in [7, 11) is 1.67. The maximum atomic E-state index is 9.16. The van der Waals surface area contributed by atoms with Crippen LogP contribution in [-0.2, 0) is 17.9 Å². The molecule has 17 heavy (non-hydrogen) atoms. The summed E-state index contributed by atoms with van der Waals surface area (Å²) in [6.07, 6.45) is 0. The first-order valence-electron chi connectivity index (χ1n) is 5.67. The zero-order valence-electron chi connectivity index (χ0n) is 10.4. The Kier molecular flexibility index (Phi) is 5.58. The van der Waals surface area contributed by atoms with Gasteiger partial charge in [0.2, 0.25) is 0 Å². The molecule has 4 nitrogen and oxygen atoms in total. The van der Waals surface area contributed by atoms with Crippen molar-refractivity contribution < 1.29 is 14.9 Å². The maximum absolute atomic E-state index is 9.16. The molecule has 0 fully saturated rings. The van der Waals surface area contributed by atoms with Gasteiger partial charge in [-0.3, -0.25) is 0 Å². The predicted molar refractivity (Wildman–Crippen MR) is 66.6 cm³/mol. The molecule has 0 amide bonds. The molecule has 4 heteroatoms. The monoisotopic (exact) mass is 239 g/mol. The smallest absolute Gasteiger partial charge is 0.0713 e. The average Bonchev–Trinajstić information content (AvgIpc) is 2.37. The number of aliphatic hydroxyl groups excluding tert-OH is 2. The topological polar surface area (TPSA) is 61.7 Å². The number of aliphatic hydroxyl groups is 2. The normalized spacial score (nSPS) is 11.8. The minimum Gasteiger partial charge on any atom is -0.394 e. The summed E-state index contributed by atoms with van der Waals surface area (Å²) in [6.45, 7) is 2.79. The molecule has 0 aliphatic rings. The Hall–Kier alpha value is -0.940. The summed E-state index contributed by atoms with van der Waals surface area (Å²) in [5.41, 5.74) is 1.58. The zero-order valence-corrected chi connectivity index (χ0v) is 10.4. The highest BCUT2D eigenvalue weighted by Gasteiger charge is 2.20. The number of hydrogen-bond donors (Lipinski definition) is 3. The Bertz CT molecular complexity index is 337. The summed E-state index contributed by atoms with van der Waals surface area (Å²) in [5.74, 6) is 0. The molecule has 96 valence electrons. The van der Waals surface area contributed by atoms with Crippen LogP contribution in [-0.4, -0.2) is 36.1 Å². The summed E-state index contributed by atoms with van der Waals surface area (Å²) in [6, 6.07) is 8.03. The van der Waals surface area contributed by atoms with Crippen LogP contribution in [0.4, 0.5) is 0 Å². The van der Waals surface area contributed by atoms with E-state index in [9.17, 15) is 0 Å². The zero-order chi connectivity index (χ0) is 12.7. The number of hydrogen-bond acceptors (Lipinski definition) is 4. The van der Waals surface area contributed by atoms with Gasteiger partial charge in [-0.05, 0) is 18.1 Å². The van der Waals surface area contributed by atoms with Crippen molar-refractivity contribution in [2.75, 3.05) is 20.3 Å². The van der Waals surface area contributed by atoms with E-state index in [0.29, 0.717) is 13.2 Å². The first kappa shape index (κ1) is 14.1.